The number of aliphatic hydroxyl groups is 1. The van der Waals surface area contributed by atoms with Gasteiger partial charge in [0.1, 0.15) is 0 Å². The summed E-state index contributed by atoms with van der Waals surface area (Å²) >= 11 is 0. The Hall–Kier alpha value is -1.65. The van der Waals surface area contributed by atoms with Gasteiger partial charge in [0.2, 0.25) is 0 Å². The van der Waals surface area contributed by atoms with Gasteiger partial charge in [-0.1, -0.05) is 29.8 Å². The molecule has 1 unspecified atom stereocenters. The van der Waals surface area contributed by atoms with Crippen LogP contribution in [0.2, 0.25) is 0 Å². The van der Waals surface area contributed by atoms with E-state index in [0.29, 0.717) is 0 Å². The van der Waals surface area contributed by atoms with Crippen LogP contribution in [0.15, 0.2) is 36.8 Å². The number of imidazole rings is 1. The Labute approximate surface area is 101 Å². The lowest BCUT2D eigenvalue weighted by Crippen LogP contribution is -2.18. The number of aromatic nitrogens is 2. The van der Waals surface area contributed by atoms with Crippen LogP contribution in [0.1, 0.15) is 22.9 Å². The molecule has 2 rings (SSSR count). The van der Waals surface area contributed by atoms with E-state index in [1.54, 1.807) is 12.5 Å². The van der Waals surface area contributed by atoms with E-state index >= 15 is 0 Å². The number of hydrogen-bond acceptors (Lipinski definition) is 3. The smallest absolute Gasteiger partial charge is 0.0951 e. The average Bonchev–Trinajstić information content (AvgIpc) is 2.79. The van der Waals surface area contributed by atoms with Crippen molar-refractivity contribution in [3.05, 3.63) is 53.6 Å². The van der Waals surface area contributed by atoms with Crippen molar-refractivity contribution in [3.63, 3.8) is 0 Å². The van der Waals surface area contributed by atoms with E-state index in [1.807, 2.05) is 4.57 Å². The molecule has 4 nitrogen and oxygen atoms in total. The highest BCUT2D eigenvalue weighted by atomic mass is 16.3. The van der Waals surface area contributed by atoms with Gasteiger partial charge in [-0.2, -0.15) is 0 Å². The third-order valence-electron chi connectivity index (χ3n) is 2.79. The summed E-state index contributed by atoms with van der Waals surface area (Å²) in [6, 6.07) is 7.96. The normalized spacial score (nSPS) is 12.6. The summed E-state index contributed by atoms with van der Waals surface area (Å²) < 4.78 is 1.96. The van der Waals surface area contributed by atoms with Crippen LogP contribution < -0.4 is 5.73 Å². The van der Waals surface area contributed by atoms with E-state index < -0.39 is 0 Å². The molecule has 0 bridgehead atoms. The van der Waals surface area contributed by atoms with Gasteiger partial charge in [0.25, 0.3) is 0 Å². The Balaban J connectivity index is 2.18. The van der Waals surface area contributed by atoms with Crippen molar-refractivity contribution in [3.8, 4) is 0 Å². The molecule has 2 aromatic rings. The van der Waals surface area contributed by atoms with Gasteiger partial charge in [0.15, 0.2) is 0 Å². The molecule has 0 amide bonds. The summed E-state index contributed by atoms with van der Waals surface area (Å²) in [4.78, 5) is 4.08. The molecule has 0 spiro atoms. The van der Waals surface area contributed by atoms with Crippen molar-refractivity contribution in [1.82, 2.24) is 9.55 Å². The van der Waals surface area contributed by atoms with Crippen molar-refractivity contribution in [2.24, 2.45) is 5.73 Å². The standard InChI is InChI=1S/C13H17N3O/c1-10-2-4-11(5-3-10)7-16-9-15-6-13(16)12(14)8-17/h2-6,9,12,17H,7-8,14H2,1H3. The quantitative estimate of drug-likeness (QED) is 0.832. The second-order valence-electron chi connectivity index (χ2n) is 4.22. The van der Waals surface area contributed by atoms with Gasteiger partial charge in [-0.3, -0.25) is 0 Å². The average molecular weight is 231 g/mol. The van der Waals surface area contributed by atoms with Crippen LogP contribution in [0.5, 0.6) is 0 Å². The number of rotatable bonds is 4. The number of aryl methyl sites for hydroxylation is 1. The number of benzene rings is 1. The maximum Gasteiger partial charge on any atom is 0.0951 e. The Morgan fingerprint density at radius 2 is 2.06 bits per heavy atom. The summed E-state index contributed by atoms with van der Waals surface area (Å²) in [5.41, 5.74) is 9.10. The van der Waals surface area contributed by atoms with Crippen molar-refractivity contribution in [1.29, 1.82) is 0 Å². The third kappa shape index (κ3) is 2.72. The SMILES string of the molecule is Cc1ccc(Cn2cncc2C(N)CO)cc1. The van der Waals surface area contributed by atoms with Gasteiger partial charge in [-0.05, 0) is 12.5 Å². The second kappa shape index (κ2) is 5.12. The first kappa shape index (κ1) is 11.8. The number of nitrogens with zero attached hydrogens (tertiary/aromatic N) is 2. The predicted molar refractivity (Wildman–Crippen MR) is 66.5 cm³/mol. The van der Waals surface area contributed by atoms with E-state index in [9.17, 15) is 0 Å². The third-order valence-corrected chi connectivity index (χ3v) is 2.79. The first-order valence-corrected chi connectivity index (χ1v) is 5.62. The molecule has 0 aliphatic rings. The highest BCUT2D eigenvalue weighted by molar-refractivity contribution is 5.22. The Morgan fingerprint density at radius 1 is 1.35 bits per heavy atom. The lowest BCUT2D eigenvalue weighted by atomic mass is 10.1. The maximum atomic E-state index is 9.07. The summed E-state index contributed by atoms with van der Waals surface area (Å²) in [5.74, 6) is 0. The van der Waals surface area contributed by atoms with Crippen LogP contribution in [-0.2, 0) is 6.54 Å². The maximum absolute atomic E-state index is 9.07. The Morgan fingerprint density at radius 3 is 2.71 bits per heavy atom. The van der Waals surface area contributed by atoms with Crippen LogP contribution >= 0.6 is 0 Å². The fourth-order valence-corrected chi connectivity index (χ4v) is 1.76. The van der Waals surface area contributed by atoms with E-state index in [0.717, 1.165) is 12.2 Å². The molecule has 0 saturated carbocycles. The van der Waals surface area contributed by atoms with Gasteiger partial charge in [-0.15, -0.1) is 0 Å². The Bertz CT molecular complexity index is 476. The van der Waals surface area contributed by atoms with E-state index in [2.05, 4.69) is 36.2 Å². The molecular weight excluding hydrogens is 214 g/mol. The van der Waals surface area contributed by atoms with E-state index in [-0.39, 0.29) is 12.6 Å². The molecule has 1 heterocycles. The molecule has 1 aromatic carbocycles. The van der Waals surface area contributed by atoms with Crippen LogP contribution in [0.3, 0.4) is 0 Å². The van der Waals surface area contributed by atoms with Crippen LogP contribution in [0.4, 0.5) is 0 Å². The van der Waals surface area contributed by atoms with Gasteiger partial charge >= 0.3 is 0 Å². The lowest BCUT2D eigenvalue weighted by Gasteiger charge is -2.12. The first-order chi connectivity index (χ1) is 8.20. The molecule has 0 saturated heterocycles. The Kier molecular flexibility index (Phi) is 3.56. The van der Waals surface area contributed by atoms with Crippen molar-refractivity contribution in [2.45, 2.75) is 19.5 Å². The zero-order valence-corrected chi connectivity index (χ0v) is 9.87. The van der Waals surface area contributed by atoms with Crippen molar-refractivity contribution < 1.29 is 5.11 Å². The summed E-state index contributed by atoms with van der Waals surface area (Å²) in [7, 11) is 0. The molecule has 0 fully saturated rings. The van der Waals surface area contributed by atoms with Crippen molar-refractivity contribution in [2.75, 3.05) is 6.61 Å². The van der Waals surface area contributed by atoms with E-state index in [4.69, 9.17) is 10.8 Å². The van der Waals surface area contributed by atoms with Gasteiger partial charge < -0.3 is 15.4 Å². The monoisotopic (exact) mass is 231 g/mol. The van der Waals surface area contributed by atoms with Crippen molar-refractivity contribution >= 4 is 0 Å². The zero-order chi connectivity index (χ0) is 12.3. The minimum atomic E-state index is -0.372. The molecule has 3 N–H and O–H groups in total. The molecule has 17 heavy (non-hydrogen) atoms. The molecule has 1 aromatic heterocycles. The first-order valence-electron chi connectivity index (χ1n) is 5.62. The lowest BCUT2D eigenvalue weighted by molar-refractivity contribution is 0.263. The highest BCUT2D eigenvalue weighted by Crippen LogP contribution is 2.12. The predicted octanol–water partition coefficient (Wildman–Crippen LogP) is 1.23. The van der Waals surface area contributed by atoms with Crippen LogP contribution in [0, 0.1) is 6.92 Å². The number of hydrogen-bond donors (Lipinski definition) is 2. The second-order valence-corrected chi connectivity index (χ2v) is 4.22. The minimum Gasteiger partial charge on any atom is -0.394 e. The molecule has 1 atom stereocenters. The fourth-order valence-electron chi connectivity index (χ4n) is 1.76. The molecule has 0 aliphatic heterocycles. The highest BCUT2D eigenvalue weighted by Gasteiger charge is 2.10. The summed E-state index contributed by atoms with van der Waals surface area (Å²) in [5, 5.41) is 9.07. The topological polar surface area (TPSA) is 64.1 Å². The molecule has 0 radical (unpaired) electrons. The summed E-state index contributed by atoms with van der Waals surface area (Å²) in [6.07, 6.45) is 3.44. The zero-order valence-electron chi connectivity index (χ0n) is 9.87. The molecular formula is C13H17N3O. The fraction of sp³-hybridized carbons (Fsp3) is 0.308. The number of nitrogens with two attached hydrogens (primary N) is 1. The number of aliphatic hydroxyl groups excluding tert-OH is 1. The van der Waals surface area contributed by atoms with Gasteiger partial charge in [-0.25, -0.2) is 4.98 Å². The molecule has 90 valence electrons. The van der Waals surface area contributed by atoms with Gasteiger partial charge in [0.05, 0.1) is 24.7 Å². The van der Waals surface area contributed by atoms with Crippen LogP contribution in [-0.4, -0.2) is 21.3 Å². The van der Waals surface area contributed by atoms with E-state index in [1.165, 1.54) is 11.1 Å². The summed E-state index contributed by atoms with van der Waals surface area (Å²) in [6.45, 7) is 2.72. The van der Waals surface area contributed by atoms with Gasteiger partial charge in [0, 0.05) is 12.7 Å². The largest absolute Gasteiger partial charge is 0.394 e. The molecule has 0 aliphatic carbocycles. The van der Waals surface area contributed by atoms with Crippen LogP contribution in [0.25, 0.3) is 0 Å². The minimum absolute atomic E-state index is 0.0699. The molecule has 4 heteroatoms.